The van der Waals surface area contributed by atoms with Crippen LogP contribution in [0.25, 0.3) is 0 Å². The second kappa shape index (κ2) is 6.21. The van der Waals surface area contributed by atoms with Crippen LogP contribution in [0.4, 0.5) is 5.69 Å². The Hall–Kier alpha value is -2.34. The van der Waals surface area contributed by atoms with Crippen LogP contribution >= 0.6 is 0 Å². The van der Waals surface area contributed by atoms with Crippen LogP contribution in [0.3, 0.4) is 0 Å². The van der Waals surface area contributed by atoms with Crippen LogP contribution in [-0.4, -0.2) is 23.4 Å². The Balaban J connectivity index is 2.16. The highest BCUT2D eigenvalue weighted by atomic mass is 16.3. The molecule has 2 N–H and O–H groups in total. The number of aliphatic hydroxyl groups excluding tert-OH is 1. The van der Waals surface area contributed by atoms with E-state index in [1.54, 1.807) is 44.5 Å². The van der Waals surface area contributed by atoms with Gasteiger partial charge >= 0.3 is 0 Å². The molecule has 0 saturated heterocycles. The molecule has 1 heterocycles. The fourth-order valence-corrected chi connectivity index (χ4v) is 1.84. The minimum absolute atomic E-state index is 0.00129. The van der Waals surface area contributed by atoms with Gasteiger partial charge < -0.3 is 14.9 Å². The average molecular weight is 270 g/mol. The Morgan fingerprint density at radius 3 is 2.50 bits per heavy atom. The van der Waals surface area contributed by atoms with Crippen molar-refractivity contribution in [3.05, 3.63) is 64.1 Å². The van der Waals surface area contributed by atoms with Gasteiger partial charge in [0.15, 0.2) is 5.78 Å². The van der Waals surface area contributed by atoms with Gasteiger partial charge in [-0.2, -0.15) is 0 Å². The zero-order valence-electron chi connectivity index (χ0n) is 11.2. The van der Waals surface area contributed by atoms with Gasteiger partial charge in [0, 0.05) is 23.5 Å². The number of hydrogen-bond acceptors (Lipinski definition) is 4. The van der Waals surface area contributed by atoms with Gasteiger partial charge in [0.2, 0.25) is 7.98 Å². The van der Waals surface area contributed by atoms with Gasteiger partial charge in [0.25, 0.3) is 5.56 Å². The summed E-state index contributed by atoms with van der Waals surface area (Å²) in [5.41, 5.74) is 1.76. The lowest BCUT2D eigenvalue weighted by Crippen LogP contribution is -2.23. The quantitative estimate of drug-likeness (QED) is 0.600. The minimum atomic E-state index is -0.225. The monoisotopic (exact) mass is 270 g/mol. The number of hydrogen-bond donors (Lipinski definition) is 2. The van der Waals surface area contributed by atoms with Crippen LogP contribution in [0.5, 0.6) is 0 Å². The molecular formula is C14H15BN2O3. The molecule has 0 spiro atoms. The maximum absolute atomic E-state index is 12.1. The number of rotatable bonds is 5. The summed E-state index contributed by atoms with van der Waals surface area (Å²) in [4.78, 5) is 23.9. The highest BCUT2D eigenvalue weighted by Crippen LogP contribution is 2.07. The first-order valence-corrected chi connectivity index (χ1v) is 6.25. The molecule has 0 aliphatic heterocycles. The molecule has 1 aromatic heterocycles. The lowest BCUT2D eigenvalue weighted by Gasteiger charge is -2.07. The van der Waals surface area contributed by atoms with Crippen molar-refractivity contribution in [1.82, 2.24) is 4.57 Å². The summed E-state index contributed by atoms with van der Waals surface area (Å²) in [5, 5.41) is 11.8. The first-order chi connectivity index (χ1) is 9.63. The molecule has 102 valence electrons. The van der Waals surface area contributed by atoms with Crippen molar-refractivity contribution < 1.29 is 9.90 Å². The van der Waals surface area contributed by atoms with Crippen molar-refractivity contribution in [2.45, 2.75) is 13.2 Å². The fraction of sp³-hybridized carbons (Fsp3) is 0.143. The lowest BCUT2D eigenvalue weighted by molar-refractivity contribution is 0.0971. The highest BCUT2D eigenvalue weighted by Gasteiger charge is 2.08. The number of nitrogens with zero attached hydrogens (tertiary/aromatic N) is 1. The largest absolute Gasteiger partial charge is 0.434 e. The second-order valence-electron chi connectivity index (χ2n) is 4.41. The van der Waals surface area contributed by atoms with Gasteiger partial charge in [-0.05, 0) is 11.6 Å². The van der Waals surface area contributed by atoms with Gasteiger partial charge in [-0.15, -0.1) is 0 Å². The van der Waals surface area contributed by atoms with Crippen molar-refractivity contribution in [2.24, 2.45) is 0 Å². The molecule has 0 amide bonds. The highest BCUT2D eigenvalue weighted by molar-refractivity contribution is 6.15. The molecule has 2 rings (SSSR count). The molecule has 2 aromatic rings. The predicted octanol–water partition coefficient (Wildman–Crippen LogP) is 0.183. The summed E-state index contributed by atoms with van der Waals surface area (Å²) in [5.74, 6) is -0.145. The summed E-state index contributed by atoms with van der Waals surface area (Å²) < 4.78 is 1.36. The molecule has 0 bridgehead atoms. The van der Waals surface area contributed by atoms with Gasteiger partial charge in [-0.25, -0.2) is 0 Å². The van der Waals surface area contributed by atoms with Crippen molar-refractivity contribution >= 4 is 19.5 Å². The third-order valence-corrected chi connectivity index (χ3v) is 3.06. The summed E-state index contributed by atoms with van der Waals surface area (Å²) >= 11 is 0. The van der Waals surface area contributed by atoms with E-state index in [1.807, 2.05) is 0 Å². The van der Waals surface area contributed by atoms with E-state index in [4.69, 9.17) is 5.11 Å². The number of aromatic nitrogens is 1. The Morgan fingerprint density at radius 1 is 1.25 bits per heavy atom. The zero-order chi connectivity index (χ0) is 14.5. The topological polar surface area (TPSA) is 71.3 Å². The van der Waals surface area contributed by atoms with E-state index < -0.39 is 0 Å². The van der Waals surface area contributed by atoms with E-state index in [-0.39, 0.29) is 24.5 Å². The van der Waals surface area contributed by atoms with Crippen LogP contribution in [0, 0.1) is 0 Å². The van der Waals surface area contributed by atoms with Crippen molar-refractivity contribution in [3.63, 3.8) is 0 Å². The molecule has 20 heavy (non-hydrogen) atoms. The summed E-state index contributed by atoms with van der Waals surface area (Å²) in [6.45, 7) is -0.0549. The van der Waals surface area contributed by atoms with Crippen LogP contribution in [-0.2, 0) is 13.2 Å². The molecule has 6 heteroatoms. The number of nitrogens with one attached hydrogen (secondary N) is 1. The van der Waals surface area contributed by atoms with Crippen molar-refractivity contribution in [2.75, 3.05) is 5.23 Å². The fourth-order valence-electron chi connectivity index (χ4n) is 1.84. The predicted molar refractivity (Wildman–Crippen MR) is 79.6 cm³/mol. The molecule has 0 radical (unpaired) electrons. The van der Waals surface area contributed by atoms with E-state index in [1.165, 1.54) is 10.6 Å². The Kier molecular flexibility index (Phi) is 4.37. The molecule has 0 aliphatic rings. The third-order valence-electron chi connectivity index (χ3n) is 3.06. The molecule has 0 saturated carbocycles. The van der Waals surface area contributed by atoms with Gasteiger partial charge in [0.05, 0.1) is 13.2 Å². The SMILES string of the molecule is BNc1ccn(CC(=O)c2ccc(CO)cc2)c(=O)c1. The first-order valence-electron chi connectivity index (χ1n) is 6.25. The van der Waals surface area contributed by atoms with Gasteiger partial charge in [-0.1, -0.05) is 24.3 Å². The van der Waals surface area contributed by atoms with Crippen molar-refractivity contribution in [3.8, 4) is 0 Å². The molecule has 0 unspecified atom stereocenters. The number of benzene rings is 1. The standard InChI is InChI=1S/C14H15BN2O3/c15-16-12-5-6-17(14(20)7-12)8-13(19)11-3-1-10(9-18)2-4-11/h1-7,16,18H,8-9,15H2. The smallest absolute Gasteiger partial charge is 0.252 e. The normalized spacial score (nSPS) is 10.2. The van der Waals surface area contributed by atoms with E-state index in [0.29, 0.717) is 11.3 Å². The number of carbonyl (C=O) groups is 1. The van der Waals surface area contributed by atoms with E-state index in [2.05, 4.69) is 5.23 Å². The number of carbonyl (C=O) groups excluding carboxylic acids is 1. The number of pyridine rings is 1. The zero-order valence-corrected chi connectivity index (χ0v) is 11.2. The minimum Gasteiger partial charge on any atom is -0.434 e. The van der Waals surface area contributed by atoms with E-state index in [9.17, 15) is 9.59 Å². The maximum Gasteiger partial charge on any atom is 0.252 e. The third kappa shape index (κ3) is 3.16. The molecule has 1 aromatic carbocycles. The Bertz CT molecular complexity index is 665. The van der Waals surface area contributed by atoms with Gasteiger partial charge in [0.1, 0.15) is 0 Å². The van der Waals surface area contributed by atoms with E-state index in [0.717, 1.165) is 5.56 Å². The number of aliphatic hydroxyl groups is 1. The summed E-state index contributed by atoms with van der Waals surface area (Å²) in [7, 11) is 1.73. The Labute approximate surface area is 117 Å². The average Bonchev–Trinajstić information content (AvgIpc) is 2.49. The number of ketones is 1. The molecule has 0 aliphatic carbocycles. The summed E-state index contributed by atoms with van der Waals surface area (Å²) in [6, 6.07) is 9.88. The second-order valence-corrected chi connectivity index (χ2v) is 4.41. The molecule has 0 atom stereocenters. The number of anilines is 1. The Morgan fingerprint density at radius 2 is 1.95 bits per heavy atom. The summed E-state index contributed by atoms with van der Waals surface area (Å²) in [6.07, 6.45) is 1.59. The van der Waals surface area contributed by atoms with Crippen molar-refractivity contribution in [1.29, 1.82) is 0 Å². The maximum atomic E-state index is 12.1. The van der Waals surface area contributed by atoms with Crippen LogP contribution < -0.4 is 10.8 Å². The van der Waals surface area contributed by atoms with Crippen LogP contribution in [0.15, 0.2) is 47.4 Å². The number of Topliss-reactive ketones (excluding diaryl/α,β-unsaturated/α-hetero) is 1. The lowest BCUT2D eigenvalue weighted by atomic mass is 10.1. The molecule has 5 nitrogen and oxygen atoms in total. The molecule has 0 fully saturated rings. The molecular weight excluding hydrogens is 255 g/mol. The van der Waals surface area contributed by atoms with E-state index >= 15 is 0 Å². The van der Waals surface area contributed by atoms with Crippen LogP contribution in [0.2, 0.25) is 0 Å². The van der Waals surface area contributed by atoms with Gasteiger partial charge in [-0.3, -0.25) is 9.59 Å². The first kappa shape index (κ1) is 14.1. The van der Waals surface area contributed by atoms with Crippen LogP contribution in [0.1, 0.15) is 15.9 Å².